The van der Waals surface area contributed by atoms with E-state index in [1.807, 2.05) is 0 Å². The lowest BCUT2D eigenvalue weighted by molar-refractivity contribution is 0.0998. The van der Waals surface area contributed by atoms with Gasteiger partial charge in [0, 0.05) is 11.4 Å². The van der Waals surface area contributed by atoms with Crippen LogP contribution in [-0.2, 0) is 0 Å². The summed E-state index contributed by atoms with van der Waals surface area (Å²) in [7, 11) is 0. The second-order valence-corrected chi connectivity index (χ2v) is 4.93. The van der Waals surface area contributed by atoms with E-state index in [0.717, 1.165) is 18.5 Å². The SMILES string of the molecule is NC(=O)c1ccc(C2CC2)n(-c2ccc(F)cc2)c1=O. The zero-order chi connectivity index (χ0) is 14.3. The lowest BCUT2D eigenvalue weighted by Gasteiger charge is -2.13. The number of hydrogen-bond acceptors (Lipinski definition) is 2. The Kier molecular flexibility index (Phi) is 2.89. The summed E-state index contributed by atoms with van der Waals surface area (Å²) >= 11 is 0. The van der Waals surface area contributed by atoms with E-state index in [4.69, 9.17) is 5.73 Å². The van der Waals surface area contributed by atoms with E-state index in [0.29, 0.717) is 11.6 Å². The molecule has 1 aliphatic carbocycles. The van der Waals surface area contributed by atoms with Crippen LogP contribution in [0.25, 0.3) is 5.69 Å². The molecule has 0 aliphatic heterocycles. The fraction of sp³-hybridized carbons (Fsp3) is 0.200. The molecular formula is C15H13FN2O2. The van der Waals surface area contributed by atoms with Gasteiger partial charge in [-0.2, -0.15) is 0 Å². The maximum Gasteiger partial charge on any atom is 0.268 e. The normalized spacial score (nSPS) is 14.2. The molecular weight excluding hydrogens is 259 g/mol. The number of hydrogen-bond donors (Lipinski definition) is 1. The van der Waals surface area contributed by atoms with Crippen molar-refractivity contribution in [3.63, 3.8) is 0 Å². The number of aromatic nitrogens is 1. The molecule has 0 atom stereocenters. The van der Waals surface area contributed by atoms with Crippen molar-refractivity contribution in [3.05, 3.63) is 63.8 Å². The number of rotatable bonds is 3. The minimum Gasteiger partial charge on any atom is -0.365 e. The van der Waals surface area contributed by atoms with E-state index in [9.17, 15) is 14.0 Å². The molecule has 0 bridgehead atoms. The first-order valence-electron chi connectivity index (χ1n) is 6.39. The fourth-order valence-corrected chi connectivity index (χ4v) is 2.29. The number of halogens is 1. The summed E-state index contributed by atoms with van der Waals surface area (Å²) in [6, 6.07) is 8.84. The smallest absolute Gasteiger partial charge is 0.268 e. The molecule has 20 heavy (non-hydrogen) atoms. The predicted octanol–water partition coefficient (Wildman–Crippen LogP) is 1.95. The minimum atomic E-state index is -0.756. The molecule has 2 N–H and O–H groups in total. The summed E-state index contributed by atoms with van der Waals surface area (Å²) in [5.41, 5.74) is 6.09. The molecule has 0 radical (unpaired) electrons. The van der Waals surface area contributed by atoms with Crippen LogP contribution in [0.4, 0.5) is 4.39 Å². The van der Waals surface area contributed by atoms with Gasteiger partial charge >= 0.3 is 0 Å². The number of pyridine rings is 1. The third kappa shape index (κ3) is 2.11. The lowest BCUT2D eigenvalue weighted by Crippen LogP contribution is -2.30. The average molecular weight is 272 g/mol. The van der Waals surface area contributed by atoms with Gasteiger partial charge in [0.1, 0.15) is 11.4 Å². The standard InChI is InChI=1S/C15H13FN2O2/c16-10-3-5-11(6-4-10)18-13(9-1-2-9)8-7-12(14(17)19)15(18)20/h3-9H,1-2H2,(H2,17,19). The molecule has 1 saturated carbocycles. The van der Waals surface area contributed by atoms with Gasteiger partial charge in [-0.3, -0.25) is 14.2 Å². The van der Waals surface area contributed by atoms with Crippen LogP contribution in [-0.4, -0.2) is 10.5 Å². The van der Waals surface area contributed by atoms with Gasteiger partial charge in [-0.15, -0.1) is 0 Å². The number of primary amides is 1. The van der Waals surface area contributed by atoms with Crippen molar-refractivity contribution in [1.82, 2.24) is 4.57 Å². The Labute approximate surface area is 114 Å². The topological polar surface area (TPSA) is 65.1 Å². The Morgan fingerprint density at radius 1 is 1.15 bits per heavy atom. The zero-order valence-electron chi connectivity index (χ0n) is 10.7. The molecule has 0 spiro atoms. The number of carbonyl (C=O) groups excluding carboxylic acids is 1. The summed E-state index contributed by atoms with van der Waals surface area (Å²) in [4.78, 5) is 23.7. The molecule has 1 heterocycles. The highest BCUT2D eigenvalue weighted by molar-refractivity contribution is 5.92. The third-order valence-electron chi connectivity index (χ3n) is 3.46. The first-order chi connectivity index (χ1) is 9.58. The molecule has 0 unspecified atom stereocenters. The molecule has 1 amide bonds. The van der Waals surface area contributed by atoms with Gasteiger partial charge in [-0.25, -0.2) is 4.39 Å². The van der Waals surface area contributed by atoms with Crippen molar-refractivity contribution in [2.24, 2.45) is 5.73 Å². The second-order valence-electron chi connectivity index (χ2n) is 4.93. The zero-order valence-corrected chi connectivity index (χ0v) is 10.7. The van der Waals surface area contributed by atoms with E-state index in [1.165, 1.54) is 34.9 Å². The van der Waals surface area contributed by atoms with E-state index in [2.05, 4.69) is 0 Å². The number of benzene rings is 1. The van der Waals surface area contributed by atoms with E-state index >= 15 is 0 Å². The second kappa shape index (κ2) is 4.59. The monoisotopic (exact) mass is 272 g/mol. The van der Waals surface area contributed by atoms with Crippen LogP contribution in [0, 0.1) is 5.82 Å². The van der Waals surface area contributed by atoms with Crippen LogP contribution >= 0.6 is 0 Å². The first-order valence-corrected chi connectivity index (χ1v) is 6.39. The number of carbonyl (C=O) groups is 1. The van der Waals surface area contributed by atoms with Gasteiger partial charge in [-0.05, 0) is 55.2 Å². The Balaban J connectivity index is 2.25. The van der Waals surface area contributed by atoms with Crippen molar-refractivity contribution in [2.75, 3.05) is 0 Å². The van der Waals surface area contributed by atoms with Crippen LogP contribution in [0.15, 0.2) is 41.2 Å². The van der Waals surface area contributed by atoms with Crippen molar-refractivity contribution in [2.45, 2.75) is 18.8 Å². The first kappa shape index (κ1) is 12.6. The summed E-state index contributed by atoms with van der Waals surface area (Å²) in [5, 5.41) is 0. The highest BCUT2D eigenvalue weighted by atomic mass is 19.1. The van der Waals surface area contributed by atoms with E-state index < -0.39 is 11.5 Å². The molecule has 0 saturated heterocycles. The molecule has 102 valence electrons. The molecule has 1 fully saturated rings. The number of nitrogens with two attached hydrogens (primary N) is 1. The highest BCUT2D eigenvalue weighted by Gasteiger charge is 2.28. The summed E-state index contributed by atoms with van der Waals surface area (Å²) < 4.78 is 14.5. The van der Waals surface area contributed by atoms with Crippen LogP contribution in [0.1, 0.15) is 34.8 Å². The third-order valence-corrected chi connectivity index (χ3v) is 3.46. The maximum atomic E-state index is 13.0. The minimum absolute atomic E-state index is 0.0567. The summed E-state index contributed by atoms with van der Waals surface area (Å²) in [6.07, 6.45) is 2.02. The van der Waals surface area contributed by atoms with Gasteiger partial charge in [0.15, 0.2) is 0 Å². The average Bonchev–Trinajstić information content (AvgIpc) is 3.23. The molecule has 2 aromatic rings. The van der Waals surface area contributed by atoms with Gasteiger partial charge in [0.25, 0.3) is 11.5 Å². The maximum absolute atomic E-state index is 13.0. The van der Waals surface area contributed by atoms with Crippen LogP contribution in [0.5, 0.6) is 0 Å². The molecule has 1 aromatic carbocycles. The van der Waals surface area contributed by atoms with Gasteiger partial charge in [-0.1, -0.05) is 0 Å². The van der Waals surface area contributed by atoms with E-state index in [1.54, 1.807) is 6.07 Å². The summed E-state index contributed by atoms with van der Waals surface area (Å²) in [6.45, 7) is 0. The highest BCUT2D eigenvalue weighted by Crippen LogP contribution is 2.40. The molecule has 4 nitrogen and oxygen atoms in total. The van der Waals surface area contributed by atoms with Crippen molar-refractivity contribution in [3.8, 4) is 5.69 Å². The molecule has 5 heteroatoms. The number of nitrogens with zero attached hydrogens (tertiary/aromatic N) is 1. The van der Waals surface area contributed by atoms with Gasteiger partial charge in [0.2, 0.25) is 0 Å². The summed E-state index contributed by atoms with van der Waals surface area (Å²) in [5.74, 6) is -0.816. The molecule has 3 rings (SSSR count). The van der Waals surface area contributed by atoms with E-state index in [-0.39, 0.29) is 11.4 Å². The van der Waals surface area contributed by atoms with Crippen molar-refractivity contribution < 1.29 is 9.18 Å². The Morgan fingerprint density at radius 2 is 1.80 bits per heavy atom. The van der Waals surface area contributed by atoms with Crippen LogP contribution in [0.2, 0.25) is 0 Å². The Morgan fingerprint density at radius 3 is 2.35 bits per heavy atom. The Bertz CT molecular complexity index is 731. The Hall–Kier alpha value is -2.43. The predicted molar refractivity (Wildman–Crippen MR) is 72.5 cm³/mol. The molecule has 1 aromatic heterocycles. The van der Waals surface area contributed by atoms with Crippen LogP contribution in [0.3, 0.4) is 0 Å². The van der Waals surface area contributed by atoms with Crippen molar-refractivity contribution >= 4 is 5.91 Å². The van der Waals surface area contributed by atoms with Crippen LogP contribution < -0.4 is 11.3 Å². The quantitative estimate of drug-likeness (QED) is 0.928. The van der Waals surface area contributed by atoms with Gasteiger partial charge < -0.3 is 5.73 Å². The fourth-order valence-electron chi connectivity index (χ4n) is 2.29. The largest absolute Gasteiger partial charge is 0.365 e. The lowest BCUT2D eigenvalue weighted by atomic mass is 10.1. The van der Waals surface area contributed by atoms with Crippen molar-refractivity contribution in [1.29, 1.82) is 0 Å². The number of amides is 1. The molecule has 1 aliphatic rings. The van der Waals surface area contributed by atoms with Gasteiger partial charge in [0.05, 0.1) is 0 Å².